The Morgan fingerprint density at radius 2 is 1.75 bits per heavy atom. The predicted molar refractivity (Wildman–Crippen MR) is 70.3 cm³/mol. The molecule has 0 bridgehead atoms. The quantitative estimate of drug-likeness (QED) is 0.502. The number of hydrogen-bond acceptors (Lipinski definition) is 2. The van der Waals surface area contributed by atoms with Crippen molar-refractivity contribution < 1.29 is 9.53 Å². The Labute approximate surface area is 99.7 Å². The number of hydrogen-bond donors (Lipinski definition) is 0. The summed E-state index contributed by atoms with van der Waals surface area (Å²) in [6, 6.07) is 0. The molecule has 0 N–H and O–H groups in total. The average molecular weight is 224 g/mol. The van der Waals surface area contributed by atoms with Gasteiger partial charge in [-0.05, 0) is 20.3 Å². The molecular weight excluding hydrogens is 200 g/mol. The summed E-state index contributed by atoms with van der Waals surface area (Å²) in [5, 5.41) is 0. The van der Waals surface area contributed by atoms with Crippen LogP contribution in [0.25, 0.3) is 0 Å². The summed E-state index contributed by atoms with van der Waals surface area (Å²) < 4.78 is 4.80. The molecule has 0 heterocycles. The van der Waals surface area contributed by atoms with Crippen LogP contribution < -0.4 is 0 Å². The Bertz CT molecular complexity index is 249. The van der Waals surface area contributed by atoms with Crippen LogP contribution in [0.1, 0.15) is 40.5 Å². The molecule has 16 heavy (non-hydrogen) atoms. The number of esters is 1. The molecule has 0 aliphatic carbocycles. The standard InChI is InChI=1S/C12H18O2.C2H6/c1-5-14-12(13)9-8-11(4)7-6-10(2)3;1-2/h6-7H,2,4-5,8-9H2,1,3H3;1-2H3/b7-6-;. The van der Waals surface area contributed by atoms with Crippen molar-refractivity contribution in [2.75, 3.05) is 6.61 Å². The predicted octanol–water partition coefficient (Wildman–Crippen LogP) is 4.04. The van der Waals surface area contributed by atoms with Crippen LogP contribution in [-0.2, 0) is 9.53 Å². The topological polar surface area (TPSA) is 26.3 Å². The van der Waals surface area contributed by atoms with Crippen LogP contribution >= 0.6 is 0 Å². The van der Waals surface area contributed by atoms with Crippen molar-refractivity contribution in [1.82, 2.24) is 0 Å². The number of carbonyl (C=O) groups excluding carboxylic acids is 1. The summed E-state index contributed by atoms with van der Waals surface area (Å²) in [7, 11) is 0. The zero-order chi connectivity index (χ0) is 13.0. The monoisotopic (exact) mass is 224 g/mol. The van der Waals surface area contributed by atoms with Gasteiger partial charge in [-0.15, -0.1) is 0 Å². The molecule has 0 rings (SSSR count). The van der Waals surface area contributed by atoms with E-state index in [1.807, 2.05) is 32.9 Å². The second-order valence-corrected chi connectivity index (χ2v) is 3.14. The minimum Gasteiger partial charge on any atom is -0.466 e. The highest BCUT2D eigenvalue weighted by Gasteiger charge is 2.00. The average Bonchev–Trinajstić information content (AvgIpc) is 2.26. The van der Waals surface area contributed by atoms with Gasteiger partial charge in [-0.1, -0.05) is 50.3 Å². The Hall–Kier alpha value is -1.31. The maximum Gasteiger partial charge on any atom is 0.306 e. The summed E-state index contributed by atoms with van der Waals surface area (Å²) in [5.74, 6) is -0.169. The van der Waals surface area contributed by atoms with Gasteiger partial charge >= 0.3 is 5.97 Å². The SMILES string of the molecule is C=C(C)/C=C\C(=C)CCC(=O)OCC.CC. The molecular formula is C14H24O2. The molecule has 0 fully saturated rings. The zero-order valence-electron chi connectivity index (χ0n) is 11.0. The molecule has 0 saturated heterocycles. The van der Waals surface area contributed by atoms with E-state index in [9.17, 15) is 4.79 Å². The van der Waals surface area contributed by atoms with E-state index in [0.717, 1.165) is 11.1 Å². The maximum atomic E-state index is 11.0. The van der Waals surface area contributed by atoms with Crippen LogP contribution in [0.2, 0.25) is 0 Å². The van der Waals surface area contributed by atoms with Crippen molar-refractivity contribution >= 4 is 5.97 Å². The van der Waals surface area contributed by atoms with Crippen LogP contribution in [-0.4, -0.2) is 12.6 Å². The van der Waals surface area contributed by atoms with Crippen molar-refractivity contribution in [2.24, 2.45) is 0 Å². The van der Waals surface area contributed by atoms with Gasteiger partial charge in [0.15, 0.2) is 0 Å². The molecule has 0 saturated carbocycles. The fourth-order valence-corrected chi connectivity index (χ4v) is 0.839. The van der Waals surface area contributed by atoms with Gasteiger partial charge in [0.05, 0.1) is 6.61 Å². The fraction of sp³-hybridized carbons (Fsp3) is 0.500. The minimum absolute atomic E-state index is 0.169. The maximum absolute atomic E-state index is 11.0. The first-order valence-corrected chi connectivity index (χ1v) is 5.73. The van der Waals surface area contributed by atoms with Gasteiger partial charge in [0, 0.05) is 6.42 Å². The molecule has 2 nitrogen and oxygen atoms in total. The van der Waals surface area contributed by atoms with Gasteiger partial charge in [-0.25, -0.2) is 0 Å². The lowest BCUT2D eigenvalue weighted by atomic mass is 10.1. The second kappa shape index (κ2) is 11.8. The largest absolute Gasteiger partial charge is 0.466 e. The third-order valence-electron chi connectivity index (χ3n) is 1.56. The first-order valence-electron chi connectivity index (χ1n) is 5.73. The van der Waals surface area contributed by atoms with Crippen LogP contribution in [0.3, 0.4) is 0 Å². The van der Waals surface area contributed by atoms with E-state index in [-0.39, 0.29) is 5.97 Å². The molecule has 0 aromatic carbocycles. The van der Waals surface area contributed by atoms with E-state index in [1.54, 1.807) is 6.92 Å². The molecule has 92 valence electrons. The normalized spacial score (nSPS) is 9.25. The highest BCUT2D eigenvalue weighted by molar-refractivity contribution is 5.69. The number of allylic oxidation sites excluding steroid dienone is 4. The molecule has 0 unspecified atom stereocenters. The molecule has 0 radical (unpaired) electrons. The Balaban J connectivity index is 0. The first kappa shape index (κ1) is 17.1. The zero-order valence-corrected chi connectivity index (χ0v) is 11.0. The second-order valence-electron chi connectivity index (χ2n) is 3.14. The summed E-state index contributed by atoms with van der Waals surface area (Å²) in [6.07, 6.45) is 4.80. The van der Waals surface area contributed by atoms with Crippen molar-refractivity contribution in [3.8, 4) is 0 Å². The fourth-order valence-electron chi connectivity index (χ4n) is 0.839. The number of ether oxygens (including phenoxy) is 1. The first-order chi connectivity index (χ1) is 7.56. The van der Waals surface area contributed by atoms with E-state index in [4.69, 9.17) is 4.74 Å². The number of carbonyl (C=O) groups is 1. The lowest BCUT2D eigenvalue weighted by Gasteiger charge is -2.01. The van der Waals surface area contributed by atoms with Crippen molar-refractivity contribution in [1.29, 1.82) is 0 Å². The highest BCUT2D eigenvalue weighted by Crippen LogP contribution is 2.06. The lowest BCUT2D eigenvalue weighted by molar-refractivity contribution is -0.143. The van der Waals surface area contributed by atoms with Crippen molar-refractivity contribution in [2.45, 2.75) is 40.5 Å². The molecule has 0 spiro atoms. The third kappa shape index (κ3) is 12.7. The summed E-state index contributed by atoms with van der Waals surface area (Å²) in [5.41, 5.74) is 1.89. The molecule has 0 atom stereocenters. The van der Waals surface area contributed by atoms with Crippen LogP contribution in [0.4, 0.5) is 0 Å². The van der Waals surface area contributed by atoms with Gasteiger partial charge < -0.3 is 4.74 Å². The summed E-state index contributed by atoms with van der Waals surface area (Å²) in [6.45, 7) is 15.7. The van der Waals surface area contributed by atoms with E-state index in [1.165, 1.54) is 0 Å². The van der Waals surface area contributed by atoms with E-state index < -0.39 is 0 Å². The molecule has 0 aliphatic heterocycles. The van der Waals surface area contributed by atoms with E-state index >= 15 is 0 Å². The van der Waals surface area contributed by atoms with E-state index in [2.05, 4.69) is 13.2 Å². The highest BCUT2D eigenvalue weighted by atomic mass is 16.5. The van der Waals surface area contributed by atoms with Gasteiger partial charge in [0.25, 0.3) is 0 Å². The van der Waals surface area contributed by atoms with Gasteiger partial charge in [-0.3, -0.25) is 4.79 Å². The Morgan fingerprint density at radius 3 is 2.19 bits per heavy atom. The van der Waals surface area contributed by atoms with Crippen LogP contribution in [0.15, 0.2) is 36.5 Å². The Morgan fingerprint density at radius 1 is 1.19 bits per heavy atom. The molecule has 0 aromatic heterocycles. The molecule has 0 aliphatic rings. The lowest BCUT2D eigenvalue weighted by Crippen LogP contribution is -2.03. The van der Waals surface area contributed by atoms with Crippen molar-refractivity contribution in [3.63, 3.8) is 0 Å². The summed E-state index contributed by atoms with van der Waals surface area (Å²) in [4.78, 5) is 11.0. The van der Waals surface area contributed by atoms with Crippen LogP contribution in [0, 0.1) is 0 Å². The van der Waals surface area contributed by atoms with Gasteiger partial charge in [-0.2, -0.15) is 0 Å². The smallest absolute Gasteiger partial charge is 0.306 e. The molecule has 0 aromatic rings. The van der Waals surface area contributed by atoms with E-state index in [0.29, 0.717) is 19.4 Å². The number of rotatable bonds is 6. The van der Waals surface area contributed by atoms with Crippen molar-refractivity contribution in [3.05, 3.63) is 36.5 Å². The summed E-state index contributed by atoms with van der Waals surface area (Å²) >= 11 is 0. The van der Waals surface area contributed by atoms with Crippen LogP contribution in [0.5, 0.6) is 0 Å². The third-order valence-corrected chi connectivity index (χ3v) is 1.56. The Kier molecular flexibility index (Phi) is 12.6. The molecule has 2 heteroatoms. The minimum atomic E-state index is -0.169. The molecule has 0 amide bonds. The van der Waals surface area contributed by atoms with Gasteiger partial charge in [0.1, 0.15) is 0 Å². The van der Waals surface area contributed by atoms with Gasteiger partial charge in [0.2, 0.25) is 0 Å².